The van der Waals surface area contributed by atoms with Crippen molar-refractivity contribution in [2.75, 3.05) is 0 Å². The van der Waals surface area contributed by atoms with E-state index in [1.165, 1.54) is 0 Å². The van der Waals surface area contributed by atoms with Crippen molar-refractivity contribution in [1.29, 1.82) is 0 Å². The smallest absolute Gasteiger partial charge is 0.355 e. The highest BCUT2D eigenvalue weighted by Crippen LogP contribution is 2.36. The van der Waals surface area contributed by atoms with Gasteiger partial charge in [0.2, 0.25) is 5.95 Å². The van der Waals surface area contributed by atoms with Crippen molar-refractivity contribution in [2.24, 2.45) is 0 Å². The zero-order valence-corrected chi connectivity index (χ0v) is 6.59. The molecule has 3 nitrogen and oxygen atoms in total. The summed E-state index contributed by atoms with van der Waals surface area (Å²) in [7, 11) is 0. The Morgan fingerprint density at radius 2 is 1.79 bits per heavy atom. The van der Waals surface area contributed by atoms with Crippen molar-refractivity contribution in [3.63, 3.8) is 0 Å². The number of hydrogen-bond acceptors (Lipinski definition) is 3. The van der Waals surface area contributed by atoms with E-state index in [0.29, 0.717) is 6.07 Å². The first kappa shape index (κ1) is 10.9. The largest absolute Gasteiger partial charge is 0.447 e. The van der Waals surface area contributed by atoms with Crippen LogP contribution in [0.5, 0.6) is 0 Å². The molecule has 0 spiro atoms. The fourth-order valence-electron chi connectivity index (χ4n) is 0.799. The van der Waals surface area contributed by atoms with Crippen LogP contribution in [0.1, 0.15) is 5.56 Å². The maximum absolute atomic E-state index is 12.7. The van der Waals surface area contributed by atoms with Crippen molar-refractivity contribution >= 4 is 0 Å². The molecule has 0 aliphatic rings. The first-order chi connectivity index (χ1) is 6.27. The third kappa shape index (κ3) is 1.68. The van der Waals surface area contributed by atoms with E-state index < -0.39 is 23.5 Å². The van der Waals surface area contributed by atoms with E-state index in [2.05, 4.69) is 4.98 Å². The van der Waals surface area contributed by atoms with E-state index in [9.17, 15) is 17.6 Å². The fraction of sp³-hybridized carbons (Fsp3) is 0.286. The highest BCUT2D eigenvalue weighted by Gasteiger charge is 2.55. The molecule has 2 N–H and O–H groups in total. The molecular weight excluding hydrogens is 206 g/mol. The van der Waals surface area contributed by atoms with Gasteiger partial charge in [0, 0.05) is 6.20 Å². The Morgan fingerprint density at radius 1 is 1.21 bits per heavy atom. The molecule has 7 heteroatoms. The first-order valence-electron chi connectivity index (χ1n) is 3.39. The van der Waals surface area contributed by atoms with Crippen molar-refractivity contribution in [2.45, 2.75) is 12.0 Å². The molecular formula is C7H5F4NO2. The molecule has 0 aliphatic heterocycles. The molecule has 0 unspecified atom stereocenters. The van der Waals surface area contributed by atoms with Gasteiger partial charge in [-0.3, -0.25) is 0 Å². The third-order valence-electron chi connectivity index (χ3n) is 1.53. The van der Waals surface area contributed by atoms with E-state index in [-0.39, 0.29) is 0 Å². The maximum atomic E-state index is 12.7. The van der Waals surface area contributed by atoms with Crippen LogP contribution in [-0.4, -0.2) is 21.4 Å². The summed E-state index contributed by atoms with van der Waals surface area (Å²) in [5.41, 5.74) is -1.33. The minimum Gasteiger partial charge on any atom is -0.355 e. The van der Waals surface area contributed by atoms with Gasteiger partial charge in [0.25, 0.3) is 5.79 Å². The summed E-state index contributed by atoms with van der Waals surface area (Å²) in [6.45, 7) is 0. The predicted molar refractivity (Wildman–Crippen MR) is 36.4 cm³/mol. The van der Waals surface area contributed by atoms with Crippen LogP contribution in [0.15, 0.2) is 18.3 Å². The van der Waals surface area contributed by atoms with E-state index >= 15 is 0 Å². The zero-order valence-electron chi connectivity index (χ0n) is 6.59. The Hall–Kier alpha value is -1.21. The SMILES string of the molecule is OC(O)(c1cccnc1F)C(F)(F)F. The van der Waals surface area contributed by atoms with Gasteiger partial charge < -0.3 is 10.2 Å². The van der Waals surface area contributed by atoms with Crippen molar-refractivity contribution in [3.8, 4) is 0 Å². The minimum atomic E-state index is -5.38. The summed E-state index contributed by atoms with van der Waals surface area (Å²) < 4.78 is 48.7. The summed E-state index contributed by atoms with van der Waals surface area (Å²) in [6.07, 6.45) is -4.48. The molecule has 1 rings (SSSR count). The molecule has 0 amide bonds. The monoisotopic (exact) mass is 211 g/mol. The number of hydrogen-bond donors (Lipinski definition) is 2. The van der Waals surface area contributed by atoms with Crippen molar-refractivity contribution in [3.05, 3.63) is 29.8 Å². The zero-order chi connectivity index (χ0) is 11.0. The van der Waals surface area contributed by atoms with E-state index in [1.807, 2.05) is 0 Å². The highest BCUT2D eigenvalue weighted by atomic mass is 19.4. The number of nitrogens with zero attached hydrogens (tertiary/aromatic N) is 1. The first-order valence-corrected chi connectivity index (χ1v) is 3.39. The van der Waals surface area contributed by atoms with Crippen molar-refractivity contribution < 1.29 is 27.8 Å². The summed E-state index contributed by atoms with van der Waals surface area (Å²) in [4.78, 5) is 2.87. The number of pyridine rings is 1. The van der Waals surface area contributed by atoms with Gasteiger partial charge in [0.1, 0.15) is 0 Å². The Bertz CT molecular complexity index is 337. The second-order valence-corrected chi connectivity index (χ2v) is 2.51. The summed E-state index contributed by atoms with van der Waals surface area (Å²) in [5.74, 6) is -5.79. The summed E-state index contributed by atoms with van der Waals surface area (Å²) >= 11 is 0. The van der Waals surface area contributed by atoms with E-state index in [1.54, 1.807) is 0 Å². The maximum Gasteiger partial charge on any atom is 0.447 e. The Morgan fingerprint density at radius 3 is 2.21 bits per heavy atom. The van der Waals surface area contributed by atoms with Gasteiger partial charge in [-0.25, -0.2) is 4.98 Å². The number of alkyl halides is 3. The number of rotatable bonds is 1. The summed E-state index contributed by atoms with van der Waals surface area (Å²) in [6, 6.07) is 1.56. The lowest BCUT2D eigenvalue weighted by atomic mass is 10.1. The van der Waals surface area contributed by atoms with Gasteiger partial charge in [-0.05, 0) is 12.1 Å². The normalized spacial score (nSPS) is 13.0. The molecule has 1 aromatic rings. The molecule has 0 bridgehead atoms. The minimum absolute atomic E-state index is 0.593. The molecule has 0 aliphatic carbocycles. The molecule has 0 saturated heterocycles. The molecule has 14 heavy (non-hydrogen) atoms. The van der Waals surface area contributed by atoms with Gasteiger partial charge in [-0.1, -0.05) is 0 Å². The van der Waals surface area contributed by atoms with Crippen LogP contribution in [0.2, 0.25) is 0 Å². The average molecular weight is 211 g/mol. The highest BCUT2D eigenvalue weighted by molar-refractivity contribution is 5.18. The lowest BCUT2D eigenvalue weighted by Crippen LogP contribution is -2.42. The standard InChI is InChI=1S/C7H5F4NO2/c8-5-4(2-1-3-12-5)6(13,14)7(9,10)11/h1-3,13-14H. The van der Waals surface area contributed by atoms with Gasteiger partial charge in [-0.15, -0.1) is 0 Å². The second kappa shape index (κ2) is 3.18. The topological polar surface area (TPSA) is 53.4 Å². The lowest BCUT2D eigenvalue weighted by Gasteiger charge is -2.24. The third-order valence-corrected chi connectivity index (χ3v) is 1.53. The molecule has 0 aromatic carbocycles. The number of aliphatic hydroxyl groups is 2. The fourth-order valence-corrected chi connectivity index (χ4v) is 0.799. The van der Waals surface area contributed by atoms with Gasteiger partial charge >= 0.3 is 6.18 Å². The molecule has 1 aromatic heterocycles. The molecule has 1 heterocycles. The van der Waals surface area contributed by atoms with E-state index in [0.717, 1.165) is 12.3 Å². The predicted octanol–water partition coefficient (Wildman–Crippen LogP) is 0.920. The van der Waals surface area contributed by atoms with Gasteiger partial charge in [0.05, 0.1) is 5.56 Å². The second-order valence-electron chi connectivity index (χ2n) is 2.51. The molecule has 0 radical (unpaired) electrons. The average Bonchev–Trinajstić information content (AvgIpc) is 2.02. The van der Waals surface area contributed by atoms with Crippen LogP contribution in [-0.2, 0) is 5.79 Å². The Kier molecular flexibility index (Phi) is 2.47. The van der Waals surface area contributed by atoms with Crippen LogP contribution >= 0.6 is 0 Å². The Balaban J connectivity index is 3.23. The van der Waals surface area contributed by atoms with Gasteiger partial charge in [-0.2, -0.15) is 17.6 Å². The quantitative estimate of drug-likeness (QED) is 0.412. The number of aromatic nitrogens is 1. The number of halogens is 4. The van der Waals surface area contributed by atoms with Crippen LogP contribution in [0.4, 0.5) is 17.6 Å². The molecule has 0 saturated carbocycles. The van der Waals surface area contributed by atoms with Crippen LogP contribution < -0.4 is 0 Å². The van der Waals surface area contributed by atoms with E-state index in [4.69, 9.17) is 10.2 Å². The molecule has 0 fully saturated rings. The van der Waals surface area contributed by atoms with Crippen molar-refractivity contribution in [1.82, 2.24) is 4.98 Å². The van der Waals surface area contributed by atoms with Crippen LogP contribution in [0, 0.1) is 5.95 Å². The molecule has 78 valence electrons. The van der Waals surface area contributed by atoms with Gasteiger partial charge in [0.15, 0.2) is 0 Å². The Labute approximate surface area is 75.6 Å². The summed E-state index contributed by atoms with van der Waals surface area (Å²) in [5, 5.41) is 17.3. The van der Waals surface area contributed by atoms with Crippen LogP contribution in [0.3, 0.4) is 0 Å². The lowest BCUT2D eigenvalue weighted by molar-refractivity contribution is -0.359. The molecule has 0 atom stereocenters. The van der Waals surface area contributed by atoms with Crippen LogP contribution in [0.25, 0.3) is 0 Å².